The van der Waals surface area contributed by atoms with Crippen molar-refractivity contribution < 1.29 is 18.0 Å². The Labute approximate surface area is 233 Å². The molecule has 2 aromatic carbocycles. The largest absolute Gasteiger partial charge is 0.352 e. The first kappa shape index (κ1) is 29.5. The molecule has 3 rings (SSSR count). The van der Waals surface area contributed by atoms with Crippen LogP contribution in [0.1, 0.15) is 57.4 Å². The number of hydrogen-bond acceptors (Lipinski definition) is 4. The zero-order valence-corrected chi connectivity index (χ0v) is 24.5. The van der Waals surface area contributed by atoms with Crippen LogP contribution in [-0.2, 0) is 26.2 Å². The van der Waals surface area contributed by atoms with Crippen molar-refractivity contribution in [3.8, 4) is 0 Å². The number of amides is 2. The van der Waals surface area contributed by atoms with Gasteiger partial charge in [0.05, 0.1) is 11.9 Å². The van der Waals surface area contributed by atoms with Gasteiger partial charge in [-0.1, -0.05) is 65.0 Å². The van der Waals surface area contributed by atoms with Crippen molar-refractivity contribution in [2.45, 2.75) is 70.5 Å². The standard InChI is InChI=1S/C27H35BrClN3O4S/c1-20(27(34)30-24-9-4-3-5-10-24)31(19-21-13-15-22(28)16-14-21)26(33)12-7-17-32(37(2,35)36)25-11-6-8-23(29)18-25/h6,8,11,13-16,18,20,24H,3-5,7,9-10,12,17,19H2,1-2H3,(H,30,34)/t20-/m1/s1. The predicted molar refractivity (Wildman–Crippen MR) is 152 cm³/mol. The van der Waals surface area contributed by atoms with E-state index in [-0.39, 0.29) is 37.4 Å². The van der Waals surface area contributed by atoms with Crippen LogP contribution in [0.4, 0.5) is 5.69 Å². The van der Waals surface area contributed by atoms with E-state index < -0.39 is 16.1 Å². The monoisotopic (exact) mass is 611 g/mol. The van der Waals surface area contributed by atoms with E-state index in [0.717, 1.165) is 42.0 Å². The summed E-state index contributed by atoms with van der Waals surface area (Å²) < 4.78 is 27.1. The minimum atomic E-state index is -3.57. The Bertz CT molecular complexity index is 1170. The SMILES string of the molecule is C[C@H](C(=O)NC1CCCCC1)N(Cc1ccc(Br)cc1)C(=O)CCCN(c1cccc(Cl)c1)S(C)(=O)=O. The van der Waals surface area contributed by atoms with Gasteiger partial charge in [-0.25, -0.2) is 8.42 Å². The van der Waals surface area contributed by atoms with E-state index in [2.05, 4.69) is 21.2 Å². The van der Waals surface area contributed by atoms with E-state index >= 15 is 0 Å². The summed E-state index contributed by atoms with van der Waals surface area (Å²) in [4.78, 5) is 28.1. The molecule has 10 heteroatoms. The number of carbonyl (C=O) groups is 2. The molecular formula is C27H35BrClN3O4S. The maximum atomic E-state index is 13.4. The van der Waals surface area contributed by atoms with Gasteiger partial charge in [-0.05, 0) is 62.1 Å². The lowest BCUT2D eigenvalue weighted by atomic mass is 9.95. The summed E-state index contributed by atoms with van der Waals surface area (Å²) in [5.41, 5.74) is 1.36. The summed E-state index contributed by atoms with van der Waals surface area (Å²) in [6.07, 6.45) is 6.85. The predicted octanol–water partition coefficient (Wildman–Crippen LogP) is 5.51. The molecular weight excluding hydrogens is 578 g/mol. The quantitative estimate of drug-likeness (QED) is 0.362. The van der Waals surface area contributed by atoms with Crippen LogP contribution in [-0.4, -0.2) is 50.0 Å². The molecule has 7 nitrogen and oxygen atoms in total. The third kappa shape index (κ3) is 9.00. The van der Waals surface area contributed by atoms with Gasteiger partial charge in [0, 0.05) is 35.0 Å². The van der Waals surface area contributed by atoms with Crippen LogP contribution in [0, 0.1) is 0 Å². The van der Waals surface area contributed by atoms with Gasteiger partial charge >= 0.3 is 0 Å². The molecule has 1 N–H and O–H groups in total. The average molecular weight is 613 g/mol. The van der Waals surface area contributed by atoms with Crippen LogP contribution in [0.2, 0.25) is 5.02 Å². The van der Waals surface area contributed by atoms with Gasteiger partial charge in [-0.3, -0.25) is 13.9 Å². The molecule has 1 aliphatic rings. The number of halogens is 2. The Kier molecular flexibility index (Phi) is 10.8. The lowest BCUT2D eigenvalue weighted by Gasteiger charge is -2.31. The topological polar surface area (TPSA) is 86.8 Å². The van der Waals surface area contributed by atoms with Gasteiger partial charge in [0.15, 0.2) is 0 Å². The molecule has 0 bridgehead atoms. The molecule has 2 aromatic rings. The van der Waals surface area contributed by atoms with Gasteiger partial charge in [0.1, 0.15) is 6.04 Å². The second-order valence-corrected chi connectivity index (χ2v) is 12.8. The Morgan fingerprint density at radius 2 is 1.78 bits per heavy atom. The molecule has 1 fully saturated rings. The van der Waals surface area contributed by atoms with Gasteiger partial charge in [0.2, 0.25) is 21.8 Å². The van der Waals surface area contributed by atoms with Crippen LogP contribution < -0.4 is 9.62 Å². The fourth-order valence-corrected chi connectivity index (χ4v) is 5.98. The number of nitrogens with zero attached hydrogens (tertiary/aromatic N) is 2. The smallest absolute Gasteiger partial charge is 0.242 e. The summed E-state index contributed by atoms with van der Waals surface area (Å²) >= 11 is 9.49. The molecule has 0 aliphatic heterocycles. The molecule has 0 unspecified atom stereocenters. The average Bonchev–Trinajstić information content (AvgIpc) is 2.85. The highest BCUT2D eigenvalue weighted by Gasteiger charge is 2.28. The molecule has 37 heavy (non-hydrogen) atoms. The maximum Gasteiger partial charge on any atom is 0.242 e. The van der Waals surface area contributed by atoms with E-state index in [9.17, 15) is 18.0 Å². The first-order valence-electron chi connectivity index (χ1n) is 12.6. The molecule has 202 valence electrons. The number of nitrogens with one attached hydrogen (secondary N) is 1. The highest BCUT2D eigenvalue weighted by molar-refractivity contribution is 9.10. The number of anilines is 1. The number of carbonyl (C=O) groups excluding carboxylic acids is 2. The molecule has 1 aliphatic carbocycles. The van der Waals surface area contributed by atoms with Gasteiger partial charge < -0.3 is 10.2 Å². The Hall–Kier alpha value is -2.10. The van der Waals surface area contributed by atoms with Crippen molar-refractivity contribution in [3.05, 3.63) is 63.6 Å². The second kappa shape index (κ2) is 13.6. The second-order valence-electron chi connectivity index (χ2n) is 9.59. The fourth-order valence-electron chi connectivity index (χ4n) is 4.57. The zero-order valence-electron chi connectivity index (χ0n) is 21.3. The minimum absolute atomic E-state index is 0.101. The summed E-state index contributed by atoms with van der Waals surface area (Å²) in [6, 6.07) is 13.8. The van der Waals surface area contributed by atoms with E-state index in [4.69, 9.17) is 11.6 Å². The van der Waals surface area contributed by atoms with Crippen LogP contribution in [0.3, 0.4) is 0 Å². The van der Waals surface area contributed by atoms with Gasteiger partial charge in [-0.15, -0.1) is 0 Å². The maximum absolute atomic E-state index is 13.4. The third-order valence-electron chi connectivity index (χ3n) is 6.63. The van der Waals surface area contributed by atoms with Gasteiger partial charge in [-0.2, -0.15) is 0 Å². The van der Waals surface area contributed by atoms with Crippen LogP contribution >= 0.6 is 27.5 Å². The first-order valence-corrected chi connectivity index (χ1v) is 15.6. The normalized spacial score (nSPS) is 15.1. The summed E-state index contributed by atoms with van der Waals surface area (Å²) in [6.45, 7) is 2.17. The van der Waals surface area contributed by atoms with E-state index in [0.29, 0.717) is 17.1 Å². The molecule has 0 radical (unpaired) electrons. The molecule has 0 heterocycles. The highest BCUT2D eigenvalue weighted by Crippen LogP contribution is 2.23. The van der Waals surface area contributed by atoms with Gasteiger partial charge in [0.25, 0.3) is 0 Å². The third-order valence-corrected chi connectivity index (χ3v) is 8.59. The van der Waals surface area contributed by atoms with E-state index in [1.165, 1.54) is 10.7 Å². The van der Waals surface area contributed by atoms with Crippen LogP contribution in [0.15, 0.2) is 53.0 Å². The zero-order chi connectivity index (χ0) is 27.0. The Morgan fingerprint density at radius 1 is 1.11 bits per heavy atom. The van der Waals surface area contributed by atoms with Crippen molar-refractivity contribution in [1.82, 2.24) is 10.2 Å². The number of hydrogen-bond donors (Lipinski definition) is 1. The van der Waals surface area contributed by atoms with Crippen LogP contribution in [0.5, 0.6) is 0 Å². The molecule has 1 atom stereocenters. The van der Waals surface area contributed by atoms with Crippen molar-refractivity contribution in [1.29, 1.82) is 0 Å². The van der Waals surface area contributed by atoms with Crippen LogP contribution in [0.25, 0.3) is 0 Å². The Balaban J connectivity index is 1.71. The number of benzene rings is 2. The molecule has 0 saturated heterocycles. The van der Waals surface area contributed by atoms with E-state index in [1.807, 2.05) is 24.3 Å². The molecule has 0 spiro atoms. The minimum Gasteiger partial charge on any atom is -0.352 e. The Morgan fingerprint density at radius 3 is 2.41 bits per heavy atom. The molecule has 1 saturated carbocycles. The highest BCUT2D eigenvalue weighted by atomic mass is 79.9. The van der Waals surface area contributed by atoms with E-state index in [1.54, 1.807) is 36.1 Å². The van der Waals surface area contributed by atoms with Crippen molar-refractivity contribution in [2.24, 2.45) is 0 Å². The lowest BCUT2D eigenvalue weighted by molar-refractivity contribution is -0.141. The first-order chi connectivity index (χ1) is 17.5. The molecule has 0 aromatic heterocycles. The molecule has 2 amide bonds. The summed E-state index contributed by atoms with van der Waals surface area (Å²) in [5, 5.41) is 3.56. The number of rotatable bonds is 11. The lowest BCUT2D eigenvalue weighted by Crippen LogP contribution is -2.50. The van der Waals surface area contributed by atoms with Crippen molar-refractivity contribution in [3.63, 3.8) is 0 Å². The fraction of sp³-hybridized carbons (Fsp3) is 0.481. The van der Waals surface area contributed by atoms with Crippen molar-refractivity contribution in [2.75, 3.05) is 17.1 Å². The summed E-state index contributed by atoms with van der Waals surface area (Å²) in [5.74, 6) is -0.359. The summed E-state index contributed by atoms with van der Waals surface area (Å²) in [7, 11) is -3.57. The van der Waals surface area contributed by atoms with Crippen molar-refractivity contribution >= 4 is 55.1 Å². The number of sulfonamides is 1.